The molecular weight excluding hydrogens is 244 g/mol. The fourth-order valence-electron chi connectivity index (χ4n) is 2.55. The SMILES string of the molecule is CCn1c(C=Cc2ccccc2)cc2cc(N)ccc21. The molecule has 0 atom stereocenters. The zero-order valence-electron chi connectivity index (χ0n) is 11.6. The Hall–Kier alpha value is -2.48. The summed E-state index contributed by atoms with van der Waals surface area (Å²) in [5, 5.41) is 1.19. The summed E-state index contributed by atoms with van der Waals surface area (Å²) in [7, 11) is 0. The molecule has 0 aliphatic heterocycles. The van der Waals surface area contributed by atoms with Crippen molar-refractivity contribution in [2.24, 2.45) is 0 Å². The van der Waals surface area contributed by atoms with Crippen molar-refractivity contribution in [1.82, 2.24) is 4.57 Å². The number of anilines is 1. The highest BCUT2D eigenvalue weighted by Crippen LogP contribution is 2.23. The molecule has 0 aliphatic carbocycles. The van der Waals surface area contributed by atoms with Crippen LogP contribution in [-0.2, 0) is 6.54 Å². The summed E-state index contributed by atoms with van der Waals surface area (Å²) in [5.74, 6) is 0. The van der Waals surface area contributed by atoms with Crippen molar-refractivity contribution in [2.75, 3.05) is 5.73 Å². The van der Waals surface area contributed by atoms with Crippen LogP contribution in [0.2, 0.25) is 0 Å². The standard InChI is InChI=1S/C18H18N2/c1-2-20-17(10-8-14-6-4-3-5-7-14)13-15-12-16(19)9-11-18(15)20/h3-13H,2,19H2,1H3. The van der Waals surface area contributed by atoms with Crippen molar-refractivity contribution in [3.63, 3.8) is 0 Å². The zero-order chi connectivity index (χ0) is 13.9. The van der Waals surface area contributed by atoms with Gasteiger partial charge in [0.15, 0.2) is 0 Å². The summed E-state index contributed by atoms with van der Waals surface area (Å²) >= 11 is 0. The van der Waals surface area contributed by atoms with E-state index in [1.807, 2.05) is 18.2 Å². The maximum Gasteiger partial charge on any atom is 0.0486 e. The lowest BCUT2D eigenvalue weighted by Gasteiger charge is -2.04. The highest BCUT2D eigenvalue weighted by Gasteiger charge is 2.05. The average molecular weight is 262 g/mol. The molecule has 2 heteroatoms. The van der Waals surface area contributed by atoms with E-state index in [-0.39, 0.29) is 0 Å². The minimum absolute atomic E-state index is 0.810. The quantitative estimate of drug-likeness (QED) is 0.696. The average Bonchev–Trinajstić information content (AvgIpc) is 2.82. The topological polar surface area (TPSA) is 30.9 Å². The van der Waals surface area contributed by atoms with Gasteiger partial charge in [-0.2, -0.15) is 0 Å². The fraction of sp³-hybridized carbons (Fsp3) is 0.111. The van der Waals surface area contributed by atoms with E-state index in [1.54, 1.807) is 0 Å². The van der Waals surface area contributed by atoms with E-state index in [4.69, 9.17) is 5.73 Å². The second-order valence-electron chi connectivity index (χ2n) is 4.88. The second kappa shape index (κ2) is 5.25. The van der Waals surface area contributed by atoms with Gasteiger partial charge in [-0.25, -0.2) is 0 Å². The Morgan fingerprint density at radius 2 is 1.80 bits per heavy atom. The largest absolute Gasteiger partial charge is 0.399 e. The van der Waals surface area contributed by atoms with Crippen LogP contribution in [0.3, 0.4) is 0 Å². The molecule has 0 saturated carbocycles. The fourth-order valence-corrected chi connectivity index (χ4v) is 2.55. The molecule has 2 nitrogen and oxygen atoms in total. The van der Waals surface area contributed by atoms with Crippen LogP contribution in [0.25, 0.3) is 23.1 Å². The van der Waals surface area contributed by atoms with Crippen LogP contribution in [0.5, 0.6) is 0 Å². The molecule has 3 aromatic rings. The lowest BCUT2D eigenvalue weighted by molar-refractivity contribution is 0.790. The molecule has 0 saturated heterocycles. The van der Waals surface area contributed by atoms with Crippen LogP contribution in [0.4, 0.5) is 5.69 Å². The summed E-state index contributed by atoms with van der Waals surface area (Å²) < 4.78 is 2.30. The predicted octanol–water partition coefficient (Wildman–Crippen LogP) is 4.41. The Kier molecular flexibility index (Phi) is 3.30. The number of fused-ring (bicyclic) bond motifs is 1. The molecule has 2 aromatic carbocycles. The number of nitrogens with zero attached hydrogens (tertiary/aromatic N) is 1. The van der Waals surface area contributed by atoms with Crippen molar-refractivity contribution >= 4 is 28.7 Å². The van der Waals surface area contributed by atoms with Gasteiger partial charge in [-0.1, -0.05) is 36.4 Å². The maximum absolute atomic E-state index is 5.86. The normalized spacial score (nSPS) is 11.4. The smallest absolute Gasteiger partial charge is 0.0486 e. The number of benzene rings is 2. The number of nitrogens with two attached hydrogens (primary N) is 1. The van der Waals surface area contributed by atoms with E-state index < -0.39 is 0 Å². The van der Waals surface area contributed by atoms with E-state index >= 15 is 0 Å². The van der Waals surface area contributed by atoms with E-state index in [9.17, 15) is 0 Å². The summed E-state index contributed by atoms with van der Waals surface area (Å²) in [5.41, 5.74) is 10.3. The zero-order valence-corrected chi connectivity index (χ0v) is 11.6. The molecule has 1 heterocycles. The lowest BCUT2D eigenvalue weighted by Crippen LogP contribution is -1.95. The van der Waals surface area contributed by atoms with Crippen LogP contribution in [0.15, 0.2) is 54.6 Å². The third kappa shape index (κ3) is 2.32. The third-order valence-corrected chi connectivity index (χ3v) is 3.52. The minimum atomic E-state index is 0.810. The van der Waals surface area contributed by atoms with E-state index in [1.165, 1.54) is 22.2 Å². The van der Waals surface area contributed by atoms with Crippen molar-refractivity contribution in [1.29, 1.82) is 0 Å². The van der Waals surface area contributed by atoms with Crippen molar-refractivity contribution in [3.05, 3.63) is 65.9 Å². The number of aromatic nitrogens is 1. The summed E-state index contributed by atoms with van der Waals surface area (Å²) in [4.78, 5) is 0. The highest BCUT2D eigenvalue weighted by molar-refractivity contribution is 5.87. The molecule has 0 amide bonds. The number of hydrogen-bond donors (Lipinski definition) is 1. The highest BCUT2D eigenvalue weighted by atomic mass is 15.0. The molecule has 1 aromatic heterocycles. The first-order chi connectivity index (χ1) is 9.78. The molecule has 2 N–H and O–H groups in total. The van der Waals surface area contributed by atoms with Crippen LogP contribution in [0, 0.1) is 0 Å². The van der Waals surface area contributed by atoms with Gasteiger partial charge in [0.1, 0.15) is 0 Å². The number of hydrogen-bond acceptors (Lipinski definition) is 1. The van der Waals surface area contributed by atoms with Gasteiger partial charge in [-0.05, 0) is 42.8 Å². The monoisotopic (exact) mass is 262 g/mol. The van der Waals surface area contributed by atoms with Gasteiger partial charge in [0, 0.05) is 28.8 Å². The molecular formula is C18H18N2. The van der Waals surface area contributed by atoms with E-state index in [2.05, 4.69) is 60.0 Å². The Bertz CT molecular complexity index is 752. The van der Waals surface area contributed by atoms with Gasteiger partial charge in [-0.3, -0.25) is 0 Å². The van der Waals surface area contributed by atoms with Crippen molar-refractivity contribution in [3.8, 4) is 0 Å². The first-order valence-corrected chi connectivity index (χ1v) is 6.90. The molecule has 20 heavy (non-hydrogen) atoms. The Balaban J connectivity index is 2.05. The predicted molar refractivity (Wildman–Crippen MR) is 87.4 cm³/mol. The van der Waals surface area contributed by atoms with Gasteiger partial charge >= 0.3 is 0 Å². The van der Waals surface area contributed by atoms with Gasteiger partial charge in [-0.15, -0.1) is 0 Å². The maximum atomic E-state index is 5.86. The number of aryl methyl sites for hydroxylation is 1. The molecule has 0 unspecified atom stereocenters. The van der Waals surface area contributed by atoms with Crippen molar-refractivity contribution < 1.29 is 0 Å². The second-order valence-corrected chi connectivity index (χ2v) is 4.88. The summed E-state index contributed by atoms with van der Waals surface area (Å²) in [6, 6.07) is 18.6. The third-order valence-electron chi connectivity index (χ3n) is 3.52. The Morgan fingerprint density at radius 1 is 1.00 bits per heavy atom. The molecule has 0 spiro atoms. The Morgan fingerprint density at radius 3 is 2.55 bits per heavy atom. The number of nitrogen functional groups attached to an aromatic ring is 1. The Labute approximate surface area is 119 Å². The molecule has 100 valence electrons. The van der Waals surface area contributed by atoms with E-state index in [0.29, 0.717) is 0 Å². The molecule has 0 radical (unpaired) electrons. The van der Waals surface area contributed by atoms with Crippen LogP contribution >= 0.6 is 0 Å². The molecule has 0 fully saturated rings. The van der Waals surface area contributed by atoms with Gasteiger partial charge in [0.25, 0.3) is 0 Å². The minimum Gasteiger partial charge on any atom is -0.399 e. The molecule has 0 bridgehead atoms. The lowest BCUT2D eigenvalue weighted by atomic mass is 10.2. The number of rotatable bonds is 3. The van der Waals surface area contributed by atoms with Crippen molar-refractivity contribution in [2.45, 2.75) is 13.5 Å². The van der Waals surface area contributed by atoms with Crippen LogP contribution < -0.4 is 5.73 Å². The summed E-state index contributed by atoms with van der Waals surface area (Å²) in [6.45, 7) is 3.11. The van der Waals surface area contributed by atoms with Gasteiger partial charge in [0.2, 0.25) is 0 Å². The first-order valence-electron chi connectivity index (χ1n) is 6.90. The molecule has 0 aliphatic rings. The van der Waals surface area contributed by atoms with Crippen LogP contribution in [0.1, 0.15) is 18.2 Å². The van der Waals surface area contributed by atoms with Crippen LogP contribution in [-0.4, -0.2) is 4.57 Å². The summed E-state index contributed by atoms with van der Waals surface area (Å²) in [6.07, 6.45) is 4.30. The van der Waals surface area contributed by atoms with Gasteiger partial charge in [0.05, 0.1) is 0 Å². The first kappa shape index (κ1) is 12.5. The van der Waals surface area contributed by atoms with Gasteiger partial charge < -0.3 is 10.3 Å². The van der Waals surface area contributed by atoms with E-state index in [0.717, 1.165) is 12.2 Å². The molecule has 3 rings (SSSR count).